The summed E-state index contributed by atoms with van der Waals surface area (Å²) >= 11 is 0. The zero-order valence-corrected chi connectivity index (χ0v) is 13.5. The van der Waals surface area contributed by atoms with Crippen LogP contribution in [0.5, 0.6) is 5.75 Å². The Bertz CT molecular complexity index is 989. The van der Waals surface area contributed by atoms with Gasteiger partial charge < -0.3 is 9.30 Å². The smallest absolute Gasteiger partial charge is 0.433 e. The van der Waals surface area contributed by atoms with Crippen LogP contribution in [-0.4, -0.2) is 28.6 Å². The van der Waals surface area contributed by atoms with Gasteiger partial charge in [-0.3, -0.25) is 14.5 Å². The number of alkyl halides is 3. The highest BCUT2D eigenvalue weighted by atomic mass is 19.4. The zero-order chi connectivity index (χ0) is 19.1. The molecule has 0 saturated heterocycles. The summed E-state index contributed by atoms with van der Waals surface area (Å²) in [4.78, 5) is 29.3. The Kier molecular flexibility index (Phi) is 4.20. The Morgan fingerprint density at radius 1 is 1.35 bits per heavy atom. The van der Waals surface area contributed by atoms with Gasteiger partial charge in [0.05, 0.1) is 18.4 Å². The zero-order valence-electron chi connectivity index (χ0n) is 13.5. The summed E-state index contributed by atoms with van der Waals surface area (Å²) in [5, 5.41) is 0. The van der Waals surface area contributed by atoms with Crippen molar-refractivity contribution < 1.29 is 22.7 Å². The molecule has 0 bridgehead atoms. The average Bonchev–Trinajstić information content (AvgIpc) is 2.58. The van der Waals surface area contributed by atoms with Crippen LogP contribution in [-0.2, 0) is 18.0 Å². The molecule has 9 heteroatoms. The molecule has 2 aromatic rings. The van der Waals surface area contributed by atoms with Gasteiger partial charge in [0, 0.05) is 12.6 Å². The van der Waals surface area contributed by atoms with E-state index in [9.17, 15) is 22.8 Å². The lowest BCUT2D eigenvalue weighted by atomic mass is 10.1. The number of fused-ring (bicyclic) bond motifs is 1. The monoisotopic (exact) mass is 363 g/mol. The molecule has 1 aromatic carbocycles. The predicted molar refractivity (Wildman–Crippen MR) is 86.6 cm³/mol. The van der Waals surface area contributed by atoms with Gasteiger partial charge in [-0.15, -0.1) is 6.42 Å². The summed E-state index contributed by atoms with van der Waals surface area (Å²) in [5.41, 5.74) is -1.66. The number of halogens is 3. The number of rotatable bonds is 2. The second kappa shape index (κ2) is 6.22. The van der Waals surface area contributed by atoms with Crippen molar-refractivity contribution >= 4 is 11.6 Å². The second-order valence-electron chi connectivity index (χ2n) is 5.51. The topological polar surface area (TPSA) is 64.4 Å². The Labute approximate surface area is 145 Å². The van der Waals surface area contributed by atoms with E-state index < -0.39 is 17.4 Å². The van der Waals surface area contributed by atoms with E-state index in [1.165, 1.54) is 23.1 Å². The van der Waals surface area contributed by atoms with Gasteiger partial charge in [-0.2, -0.15) is 13.2 Å². The molecule has 0 unspecified atom stereocenters. The first kappa shape index (κ1) is 17.5. The van der Waals surface area contributed by atoms with E-state index in [2.05, 4.69) is 10.9 Å². The molecule has 0 atom stereocenters. The van der Waals surface area contributed by atoms with Crippen molar-refractivity contribution in [2.75, 3.05) is 18.1 Å². The Hall–Kier alpha value is -3.28. The van der Waals surface area contributed by atoms with Crippen molar-refractivity contribution in [2.45, 2.75) is 6.18 Å². The third-order valence-electron chi connectivity index (χ3n) is 3.90. The van der Waals surface area contributed by atoms with Crippen molar-refractivity contribution in [3.63, 3.8) is 0 Å². The summed E-state index contributed by atoms with van der Waals surface area (Å²) in [5.74, 6) is 2.38. The molecule has 0 spiro atoms. The lowest BCUT2D eigenvalue weighted by Crippen LogP contribution is -2.39. The molecule has 1 amide bonds. The van der Waals surface area contributed by atoms with E-state index in [1.807, 2.05) is 0 Å². The van der Waals surface area contributed by atoms with E-state index in [1.54, 1.807) is 0 Å². The van der Waals surface area contributed by atoms with Crippen molar-refractivity contribution in [3.05, 3.63) is 40.4 Å². The Morgan fingerprint density at radius 2 is 2.08 bits per heavy atom. The number of aromatic nitrogens is 2. The maximum atomic E-state index is 12.9. The van der Waals surface area contributed by atoms with Crippen LogP contribution in [0.15, 0.2) is 29.2 Å². The number of benzene rings is 1. The highest BCUT2D eigenvalue weighted by molar-refractivity contribution is 5.99. The number of anilines is 1. The first-order valence-corrected chi connectivity index (χ1v) is 7.38. The van der Waals surface area contributed by atoms with E-state index in [4.69, 9.17) is 11.2 Å². The van der Waals surface area contributed by atoms with E-state index >= 15 is 0 Å². The molecule has 6 nitrogen and oxygen atoms in total. The highest BCUT2D eigenvalue weighted by Gasteiger charge is 2.35. The van der Waals surface area contributed by atoms with Gasteiger partial charge in [-0.25, -0.2) is 4.98 Å². The Morgan fingerprint density at radius 3 is 2.73 bits per heavy atom. The fourth-order valence-electron chi connectivity index (χ4n) is 2.61. The standard InChI is InChI=1S/C17H12F3N3O3/c1-3-6-23-11-7-10(4-5-12(11)26-9-14(23)24)15-16(25)22(2)13(8-21-15)17(18,19)20/h1,4-5,7-8H,6,9H2,2H3. The molecule has 26 heavy (non-hydrogen) atoms. The molecule has 1 aromatic heterocycles. The summed E-state index contributed by atoms with van der Waals surface area (Å²) in [6.07, 6.45) is 1.17. The van der Waals surface area contributed by atoms with Gasteiger partial charge in [0.2, 0.25) is 0 Å². The molecule has 1 aliphatic heterocycles. The molecule has 3 rings (SSSR count). The summed E-state index contributed by atoms with van der Waals surface area (Å²) in [7, 11) is 1.02. The summed E-state index contributed by atoms with van der Waals surface area (Å²) in [6.45, 7) is -0.175. The van der Waals surface area contributed by atoms with E-state index in [-0.39, 0.29) is 30.3 Å². The van der Waals surface area contributed by atoms with Crippen LogP contribution in [0.3, 0.4) is 0 Å². The third kappa shape index (κ3) is 2.90. The Balaban J connectivity index is 2.13. The van der Waals surface area contributed by atoms with Crippen molar-refractivity contribution in [2.24, 2.45) is 7.05 Å². The summed E-state index contributed by atoms with van der Waals surface area (Å²) < 4.78 is 44.5. The lowest BCUT2D eigenvalue weighted by Gasteiger charge is -2.28. The minimum absolute atomic E-state index is 0.00288. The molecule has 0 radical (unpaired) electrons. The minimum Gasteiger partial charge on any atom is -0.482 e. The number of carbonyl (C=O) groups excluding carboxylic acids is 1. The quantitative estimate of drug-likeness (QED) is 0.764. The number of terminal acetylenes is 1. The van der Waals surface area contributed by atoms with Gasteiger partial charge in [0.15, 0.2) is 6.61 Å². The van der Waals surface area contributed by atoms with Crippen molar-refractivity contribution in [1.82, 2.24) is 9.55 Å². The fraction of sp³-hybridized carbons (Fsp3) is 0.235. The number of amides is 1. The second-order valence-corrected chi connectivity index (χ2v) is 5.51. The van der Waals surface area contributed by atoms with E-state index in [0.29, 0.717) is 22.2 Å². The number of nitrogens with zero attached hydrogens (tertiary/aromatic N) is 3. The molecule has 134 valence electrons. The van der Waals surface area contributed by atoms with Crippen LogP contribution in [0.4, 0.5) is 18.9 Å². The number of carbonyl (C=O) groups is 1. The van der Waals surface area contributed by atoms with Gasteiger partial charge in [-0.1, -0.05) is 5.92 Å². The third-order valence-corrected chi connectivity index (χ3v) is 3.90. The van der Waals surface area contributed by atoms with Crippen LogP contribution in [0.25, 0.3) is 11.3 Å². The number of ether oxygens (including phenoxy) is 1. The van der Waals surface area contributed by atoms with Crippen LogP contribution in [0.2, 0.25) is 0 Å². The molecule has 0 aliphatic carbocycles. The SMILES string of the molecule is C#CCN1C(=O)COc2ccc(-c3ncc(C(F)(F)F)n(C)c3=O)cc21. The molecule has 2 heterocycles. The van der Waals surface area contributed by atoms with Gasteiger partial charge in [0.25, 0.3) is 11.5 Å². The fourth-order valence-corrected chi connectivity index (χ4v) is 2.61. The first-order valence-electron chi connectivity index (χ1n) is 7.38. The minimum atomic E-state index is -4.70. The van der Waals surface area contributed by atoms with Crippen LogP contribution in [0.1, 0.15) is 5.69 Å². The first-order chi connectivity index (χ1) is 12.2. The molecule has 1 aliphatic rings. The number of hydrogen-bond donors (Lipinski definition) is 0. The number of hydrogen-bond acceptors (Lipinski definition) is 4. The maximum absolute atomic E-state index is 12.9. The van der Waals surface area contributed by atoms with Crippen molar-refractivity contribution in [3.8, 4) is 29.4 Å². The molecule has 0 saturated carbocycles. The average molecular weight is 363 g/mol. The van der Waals surface area contributed by atoms with Gasteiger partial charge in [0.1, 0.15) is 17.1 Å². The molecular formula is C17H12F3N3O3. The van der Waals surface area contributed by atoms with Crippen LogP contribution < -0.4 is 15.2 Å². The molecule has 0 fully saturated rings. The summed E-state index contributed by atoms with van der Waals surface area (Å²) in [6, 6.07) is 4.44. The van der Waals surface area contributed by atoms with Gasteiger partial charge in [-0.05, 0) is 18.2 Å². The van der Waals surface area contributed by atoms with E-state index in [0.717, 1.165) is 7.05 Å². The lowest BCUT2D eigenvalue weighted by molar-refractivity contribution is -0.144. The predicted octanol–water partition coefficient (Wildman–Crippen LogP) is 1.82. The van der Waals surface area contributed by atoms with Crippen LogP contribution >= 0.6 is 0 Å². The normalized spacial score (nSPS) is 13.8. The highest BCUT2D eigenvalue weighted by Crippen LogP contribution is 2.35. The van der Waals surface area contributed by atoms with Crippen molar-refractivity contribution in [1.29, 1.82) is 0 Å². The maximum Gasteiger partial charge on any atom is 0.433 e. The largest absolute Gasteiger partial charge is 0.482 e. The van der Waals surface area contributed by atoms with Gasteiger partial charge >= 0.3 is 6.18 Å². The molecule has 0 N–H and O–H groups in total. The van der Waals surface area contributed by atoms with Crippen LogP contribution in [0, 0.1) is 12.3 Å². The molecular weight excluding hydrogens is 351 g/mol.